The summed E-state index contributed by atoms with van der Waals surface area (Å²) in [7, 11) is 0. The summed E-state index contributed by atoms with van der Waals surface area (Å²) in [6.07, 6.45) is 3.27. The van der Waals surface area contributed by atoms with E-state index in [0.29, 0.717) is 12.2 Å². The minimum absolute atomic E-state index is 0.265. The van der Waals surface area contributed by atoms with E-state index in [1.807, 2.05) is 13.8 Å². The van der Waals surface area contributed by atoms with Crippen molar-refractivity contribution >= 4 is 17.5 Å². The Balaban J connectivity index is 2.05. The fourth-order valence-electron chi connectivity index (χ4n) is 2.19. The van der Waals surface area contributed by atoms with Crippen LogP contribution in [0.2, 0.25) is 0 Å². The standard InChI is InChI=1S/C15H21N5O3/c1-9-13(10(2)23-19-9)8-20-7-12(6-16-20)17-14(22)15(4,5)18-11(3)21/h6-7H,8H2,1-5H3,(H,17,22)(H,18,21). The fraction of sp³-hybridized carbons (Fsp3) is 0.467. The number of amides is 2. The number of hydrogen-bond donors (Lipinski definition) is 2. The molecule has 0 aliphatic rings. The van der Waals surface area contributed by atoms with E-state index in [1.165, 1.54) is 6.92 Å². The SMILES string of the molecule is CC(=O)NC(C)(C)C(=O)Nc1cnn(Cc2c(C)noc2C)c1. The molecule has 2 heterocycles. The summed E-state index contributed by atoms with van der Waals surface area (Å²) < 4.78 is 6.81. The monoisotopic (exact) mass is 319 g/mol. The summed E-state index contributed by atoms with van der Waals surface area (Å²) in [6.45, 7) is 8.87. The summed E-state index contributed by atoms with van der Waals surface area (Å²) in [4.78, 5) is 23.4. The average Bonchev–Trinajstić information content (AvgIpc) is 2.99. The van der Waals surface area contributed by atoms with E-state index in [-0.39, 0.29) is 11.8 Å². The van der Waals surface area contributed by atoms with Crippen molar-refractivity contribution in [3.63, 3.8) is 0 Å². The molecule has 0 aliphatic heterocycles. The van der Waals surface area contributed by atoms with E-state index in [4.69, 9.17) is 4.52 Å². The van der Waals surface area contributed by atoms with Gasteiger partial charge in [0.05, 0.1) is 24.1 Å². The van der Waals surface area contributed by atoms with Crippen LogP contribution in [0.3, 0.4) is 0 Å². The molecule has 0 saturated heterocycles. The minimum Gasteiger partial charge on any atom is -0.361 e. The normalized spacial score (nSPS) is 11.3. The largest absolute Gasteiger partial charge is 0.361 e. The third-order valence-electron chi connectivity index (χ3n) is 3.45. The van der Waals surface area contributed by atoms with Crippen LogP contribution < -0.4 is 10.6 Å². The Morgan fingerprint density at radius 1 is 1.35 bits per heavy atom. The molecule has 0 aliphatic carbocycles. The zero-order chi connectivity index (χ0) is 17.2. The second kappa shape index (κ2) is 6.23. The second-order valence-electron chi connectivity index (χ2n) is 5.99. The first-order chi connectivity index (χ1) is 10.7. The van der Waals surface area contributed by atoms with E-state index in [2.05, 4.69) is 20.9 Å². The lowest BCUT2D eigenvalue weighted by atomic mass is 10.0. The maximum Gasteiger partial charge on any atom is 0.249 e. The first kappa shape index (κ1) is 16.7. The topological polar surface area (TPSA) is 102 Å². The Kier molecular flexibility index (Phi) is 4.53. The first-order valence-electron chi connectivity index (χ1n) is 7.23. The van der Waals surface area contributed by atoms with Crippen LogP contribution in [0.4, 0.5) is 5.69 Å². The molecule has 8 heteroatoms. The molecule has 2 N–H and O–H groups in total. The number of nitrogens with one attached hydrogen (secondary N) is 2. The highest BCUT2D eigenvalue weighted by molar-refractivity contribution is 5.99. The van der Waals surface area contributed by atoms with E-state index < -0.39 is 5.54 Å². The van der Waals surface area contributed by atoms with Gasteiger partial charge in [0.2, 0.25) is 11.8 Å². The zero-order valence-electron chi connectivity index (χ0n) is 13.9. The fourth-order valence-corrected chi connectivity index (χ4v) is 2.19. The van der Waals surface area contributed by atoms with Crippen LogP contribution in [0.1, 0.15) is 37.8 Å². The van der Waals surface area contributed by atoms with Gasteiger partial charge in [0.25, 0.3) is 0 Å². The molecule has 0 saturated carbocycles. The zero-order valence-corrected chi connectivity index (χ0v) is 13.9. The number of carbonyl (C=O) groups excluding carboxylic acids is 2. The number of carbonyl (C=O) groups is 2. The van der Waals surface area contributed by atoms with Crippen LogP contribution in [-0.4, -0.2) is 32.3 Å². The Bertz CT molecular complexity index is 710. The minimum atomic E-state index is -1.00. The van der Waals surface area contributed by atoms with Crippen LogP contribution in [0.25, 0.3) is 0 Å². The molecule has 2 amide bonds. The number of nitrogens with zero attached hydrogens (tertiary/aromatic N) is 3. The number of aryl methyl sites for hydroxylation is 2. The van der Waals surface area contributed by atoms with E-state index >= 15 is 0 Å². The van der Waals surface area contributed by atoms with Crippen LogP contribution in [0.5, 0.6) is 0 Å². The van der Waals surface area contributed by atoms with Crippen molar-refractivity contribution in [1.82, 2.24) is 20.3 Å². The predicted octanol–water partition coefficient (Wildman–Crippen LogP) is 1.39. The molecule has 8 nitrogen and oxygen atoms in total. The van der Waals surface area contributed by atoms with Crippen LogP contribution in [0.15, 0.2) is 16.9 Å². The van der Waals surface area contributed by atoms with Gasteiger partial charge in [-0.1, -0.05) is 5.16 Å². The predicted molar refractivity (Wildman–Crippen MR) is 83.8 cm³/mol. The van der Waals surface area contributed by atoms with Gasteiger partial charge in [-0.15, -0.1) is 0 Å². The highest BCUT2D eigenvalue weighted by atomic mass is 16.5. The molecule has 2 rings (SSSR count). The highest BCUT2D eigenvalue weighted by Gasteiger charge is 2.28. The van der Waals surface area contributed by atoms with Gasteiger partial charge < -0.3 is 15.2 Å². The maximum atomic E-state index is 12.2. The van der Waals surface area contributed by atoms with Crippen molar-refractivity contribution in [3.05, 3.63) is 29.4 Å². The molecule has 2 aromatic rings. The molecule has 0 aromatic carbocycles. The van der Waals surface area contributed by atoms with Gasteiger partial charge in [-0.2, -0.15) is 5.10 Å². The van der Waals surface area contributed by atoms with Crippen LogP contribution >= 0.6 is 0 Å². The highest BCUT2D eigenvalue weighted by Crippen LogP contribution is 2.15. The van der Waals surface area contributed by atoms with Crippen molar-refractivity contribution in [2.24, 2.45) is 0 Å². The van der Waals surface area contributed by atoms with E-state index in [1.54, 1.807) is 30.9 Å². The molecular weight excluding hydrogens is 298 g/mol. The van der Waals surface area contributed by atoms with E-state index in [0.717, 1.165) is 17.0 Å². The molecule has 0 bridgehead atoms. The number of aromatic nitrogens is 3. The van der Waals surface area contributed by atoms with Crippen LogP contribution in [-0.2, 0) is 16.1 Å². The van der Waals surface area contributed by atoms with E-state index in [9.17, 15) is 9.59 Å². The molecule has 0 spiro atoms. The number of rotatable bonds is 5. The molecule has 23 heavy (non-hydrogen) atoms. The van der Waals surface area contributed by atoms with Crippen molar-refractivity contribution in [2.75, 3.05) is 5.32 Å². The molecule has 0 radical (unpaired) electrons. The van der Waals surface area contributed by atoms with Gasteiger partial charge in [-0.25, -0.2) is 0 Å². The van der Waals surface area contributed by atoms with Crippen molar-refractivity contribution in [3.8, 4) is 0 Å². The summed E-state index contributed by atoms with van der Waals surface area (Å²) in [6, 6.07) is 0. The number of anilines is 1. The number of hydrogen-bond acceptors (Lipinski definition) is 5. The van der Waals surface area contributed by atoms with Gasteiger partial charge in [0, 0.05) is 18.7 Å². The molecule has 124 valence electrons. The van der Waals surface area contributed by atoms with Crippen molar-refractivity contribution in [1.29, 1.82) is 0 Å². The van der Waals surface area contributed by atoms with Crippen LogP contribution in [0, 0.1) is 13.8 Å². The summed E-state index contributed by atoms with van der Waals surface area (Å²) in [5.74, 6) is 0.166. The molecule has 0 atom stereocenters. The molecule has 2 aromatic heterocycles. The Hall–Kier alpha value is -2.64. The smallest absolute Gasteiger partial charge is 0.249 e. The summed E-state index contributed by atoms with van der Waals surface area (Å²) in [5.41, 5.74) is 1.33. The third kappa shape index (κ3) is 3.97. The van der Waals surface area contributed by atoms with Gasteiger partial charge >= 0.3 is 0 Å². The second-order valence-corrected chi connectivity index (χ2v) is 5.99. The Morgan fingerprint density at radius 2 is 2.04 bits per heavy atom. The molecule has 0 unspecified atom stereocenters. The quantitative estimate of drug-likeness (QED) is 0.867. The summed E-state index contributed by atoms with van der Waals surface area (Å²) in [5, 5.41) is 13.5. The van der Waals surface area contributed by atoms with Gasteiger partial charge in [0.1, 0.15) is 11.3 Å². The Labute approximate surface area is 134 Å². The Morgan fingerprint density at radius 3 is 2.61 bits per heavy atom. The van der Waals surface area contributed by atoms with Gasteiger partial charge in [-0.05, 0) is 27.7 Å². The lowest BCUT2D eigenvalue weighted by Gasteiger charge is -2.23. The third-order valence-corrected chi connectivity index (χ3v) is 3.45. The lowest BCUT2D eigenvalue weighted by molar-refractivity contribution is -0.128. The maximum absolute atomic E-state index is 12.2. The molecular formula is C15H21N5O3. The van der Waals surface area contributed by atoms with Gasteiger partial charge in [0.15, 0.2) is 0 Å². The van der Waals surface area contributed by atoms with Crippen molar-refractivity contribution in [2.45, 2.75) is 46.7 Å². The summed E-state index contributed by atoms with van der Waals surface area (Å²) >= 11 is 0. The molecule has 0 fully saturated rings. The lowest BCUT2D eigenvalue weighted by Crippen LogP contribution is -2.51. The first-order valence-corrected chi connectivity index (χ1v) is 7.23. The van der Waals surface area contributed by atoms with Crippen molar-refractivity contribution < 1.29 is 14.1 Å². The average molecular weight is 319 g/mol. The van der Waals surface area contributed by atoms with Gasteiger partial charge in [-0.3, -0.25) is 14.3 Å².